The first-order valence-corrected chi connectivity index (χ1v) is 6.50. The van der Waals surface area contributed by atoms with E-state index in [0.717, 1.165) is 18.9 Å². The molecular weight excluding hydrogens is 262 g/mol. The van der Waals surface area contributed by atoms with Gasteiger partial charge >= 0.3 is 0 Å². The third-order valence-corrected chi connectivity index (χ3v) is 2.97. The van der Waals surface area contributed by atoms with E-state index in [2.05, 4.69) is 19.2 Å². The number of rotatable bonds is 7. The summed E-state index contributed by atoms with van der Waals surface area (Å²) in [6.45, 7) is 6.16. The Kier molecular flexibility index (Phi) is 5.42. The zero-order valence-electron chi connectivity index (χ0n) is 11.8. The van der Waals surface area contributed by atoms with Crippen LogP contribution >= 0.6 is 0 Å². The number of nitrogens with one attached hydrogen (secondary N) is 1. The van der Waals surface area contributed by atoms with E-state index in [-0.39, 0.29) is 17.4 Å². The summed E-state index contributed by atoms with van der Waals surface area (Å²) in [7, 11) is 0. The molecule has 0 heterocycles. The van der Waals surface area contributed by atoms with Crippen molar-refractivity contribution < 1.29 is 9.85 Å². The Morgan fingerprint density at radius 2 is 1.75 bits per heavy atom. The molecule has 0 saturated heterocycles. The molecule has 0 aromatic heterocycles. The Hall–Kier alpha value is -2.18. The van der Waals surface area contributed by atoms with Crippen molar-refractivity contribution in [2.75, 3.05) is 5.32 Å². The Bertz CT molecular complexity index is 502. The molecule has 0 aliphatic carbocycles. The van der Waals surface area contributed by atoms with Gasteiger partial charge in [0.1, 0.15) is 5.69 Å². The fourth-order valence-electron chi connectivity index (χ4n) is 1.83. The number of nitrogens with zero attached hydrogens (tertiary/aromatic N) is 2. The predicted molar refractivity (Wildman–Crippen MR) is 76.9 cm³/mol. The first kappa shape index (κ1) is 15.9. The quantitative estimate of drug-likeness (QED) is 0.606. The number of nitro benzene ring substituents is 2. The van der Waals surface area contributed by atoms with Crippen molar-refractivity contribution in [3.63, 3.8) is 0 Å². The van der Waals surface area contributed by atoms with E-state index < -0.39 is 9.85 Å². The molecule has 1 atom stereocenters. The van der Waals surface area contributed by atoms with E-state index in [1.165, 1.54) is 12.1 Å². The summed E-state index contributed by atoms with van der Waals surface area (Å²) in [5.74, 6) is 0.561. The van der Waals surface area contributed by atoms with Crippen LogP contribution in [-0.4, -0.2) is 15.9 Å². The third kappa shape index (κ3) is 4.49. The van der Waals surface area contributed by atoms with Crippen LogP contribution in [0.2, 0.25) is 0 Å². The van der Waals surface area contributed by atoms with Crippen molar-refractivity contribution in [2.24, 2.45) is 5.92 Å². The largest absolute Gasteiger partial charge is 0.377 e. The van der Waals surface area contributed by atoms with Gasteiger partial charge in [-0.25, -0.2) is 0 Å². The van der Waals surface area contributed by atoms with E-state index in [9.17, 15) is 20.2 Å². The number of anilines is 1. The van der Waals surface area contributed by atoms with Crippen LogP contribution in [0, 0.1) is 26.1 Å². The molecule has 1 N–H and O–H groups in total. The van der Waals surface area contributed by atoms with Crippen molar-refractivity contribution in [2.45, 2.75) is 39.7 Å². The maximum atomic E-state index is 11.0. The number of benzene rings is 1. The standard InChI is InChI=1S/C13H19N3O4/c1-9(2)4-5-10(3)14-12-7-6-11(15(17)18)8-13(12)16(19)20/h6-10,14H,4-5H2,1-3H3. The van der Waals surface area contributed by atoms with Crippen LogP contribution < -0.4 is 5.32 Å². The lowest BCUT2D eigenvalue weighted by atomic mass is 10.0. The monoisotopic (exact) mass is 281 g/mol. The highest BCUT2D eigenvalue weighted by atomic mass is 16.6. The fourth-order valence-corrected chi connectivity index (χ4v) is 1.83. The molecule has 0 fully saturated rings. The zero-order chi connectivity index (χ0) is 15.3. The van der Waals surface area contributed by atoms with Crippen molar-refractivity contribution >= 4 is 17.1 Å². The number of nitro groups is 2. The highest BCUT2D eigenvalue weighted by Gasteiger charge is 2.20. The van der Waals surface area contributed by atoms with Gasteiger partial charge in [-0.1, -0.05) is 13.8 Å². The van der Waals surface area contributed by atoms with Crippen molar-refractivity contribution in [1.82, 2.24) is 0 Å². The minimum Gasteiger partial charge on any atom is -0.377 e. The van der Waals surface area contributed by atoms with E-state index >= 15 is 0 Å². The summed E-state index contributed by atoms with van der Waals surface area (Å²) in [6, 6.07) is 3.71. The van der Waals surface area contributed by atoms with E-state index in [4.69, 9.17) is 0 Å². The topological polar surface area (TPSA) is 98.3 Å². The Morgan fingerprint density at radius 1 is 1.10 bits per heavy atom. The van der Waals surface area contributed by atoms with Crippen molar-refractivity contribution in [1.29, 1.82) is 0 Å². The van der Waals surface area contributed by atoms with Crippen LogP contribution in [0.15, 0.2) is 18.2 Å². The molecule has 0 aliphatic heterocycles. The van der Waals surface area contributed by atoms with Crippen LogP contribution in [0.3, 0.4) is 0 Å². The molecule has 0 saturated carbocycles. The van der Waals surface area contributed by atoms with E-state index in [0.29, 0.717) is 11.6 Å². The maximum Gasteiger partial charge on any atom is 0.299 e. The summed E-state index contributed by atoms with van der Waals surface area (Å²) < 4.78 is 0. The highest BCUT2D eigenvalue weighted by molar-refractivity contribution is 5.65. The van der Waals surface area contributed by atoms with Gasteiger partial charge in [0, 0.05) is 12.1 Å². The molecule has 0 spiro atoms. The van der Waals surface area contributed by atoms with Gasteiger partial charge in [-0.3, -0.25) is 20.2 Å². The van der Waals surface area contributed by atoms with Crippen LogP contribution in [-0.2, 0) is 0 Å². The van der Waals surface area contributed by atoms with Crippen molar-refractivity contribution in [3.8, 4) is 0 Å². The average Bonchev–Trinajstić information content (AvgIpc) is 2.36. The Balaban J connectivity index is 2.89. The zero-order valence-corrected chi connectivity index (χ0v) is 11.8. The molecule has 7 nitrogen and oxygen atoms in total. The number of hydrogen-bond acceptors (Lipinski definition) is 5. The molecule has 1 rings (SSSR count). The van der Waals surface area contributed by atoms with Gasteiger partial charge in [-0.05, 0) is 31.7 Å². The van der Waals surface area contributed by atoms with Gasteiger partial charge < -0.3 is 5.32 Å². The SMILES string of the molecule is CC(C)CCC(C)Nc1ccc([N+](=O)[O-])cc1[N+](=O)[O-]. The summed E-state index contributed by atoms with van der Waals surface area (Å²) in [4.78, 5) is 20.4. The highest BCUT2D eigenvalue weighted by Crippen LogP contribution is 2.29. The van der Waals surface area contributed by atoms with Crippen LogP contribution in [0.4, 0.5) is 17.1 Å². The normalized spacial score (nSPS) is 12.2. The van der Waals surface area contributed by atoms with E-state index in [1.807, 2.05) is 6.92 Å². The Labute approximate surface area is 117 Å². The molecule has 1 aromatic carbocycles. The molecule has 110 valence electrons. The second-order valence-corrected chi connectivity index (χ2v) is 5.23. The first-order valence-electron chi connectivity index (χ1n) is 6.50. The minimum atomic E-state index is -0.640. The molecular formula is C13H19N3O4. The fraction of sp³-hybridized carbons (Fsp3) is 0.538. The summed E-state index contributed by atoms with van der Waals surface area (Å²) >= 11 is 0. The first-order chi connectivity index (χ1) is 9.31. The minimum absolute atomic E-state index is 0.0672. The second-order valence-electron chi connectivity index (χ2n) is 5.23. The van der Waals surface area contributed by atoms with Gasteiger partial charge in [0.25, 0.3) is 11.4 Å². The molecule has 0 radical (unpaired) electrons. The lowest BCUT2D eigenvalue weighted by Crippen LogP contribution is -2.16. The molecule has 1 unspecified atom stereocenters. The van der Waals surface area contributed by atoms with Gasteiger partial charge in [-0.2, -0.15) is 0 Å². The number of hydrogen-bond donors (Lipinski definition) is 1. The smallest absolute Gasteiger partial charge is 0.299 e. The summed E-state index contributed by atoms with van der Waals surface area (Å²) in [5, 5.41) is 24.7. The van der Waals surface area contributed by atoms with Crippen molar-refractivity contribution in [3.05, 3.63) is 38.4 Å². The van der Waals surface area contributed by atoms with Gasteiger partial charge in [-0.15, -0.1) is 0 Å². The second kappa shape index (κ2) is 6.83. The molecule has 20 heavy (non-hydrogen) atoms. The lowest BCUT2D eigenvalue weighted by molar-refractivity contribution is -0.393. The Morgan fingerprint density at radius 3 is 2.25 bits per heavy atom. The molecule has 1 aromatic rings. The molecule has 7 heteroatoms. The van der Waals surface area contributed by atoms with Gasteiger partial charge in [0.2, 0.25) is 0 Å². The molecule has 0 amide bonds. The van der Waals surface area contributed by atoms with Crippen LogP contribution in [0.1, 0.15) is 33.6 Å². The van der Waals surface area contributed by atoms with E-state index in [1.54, 1.807) is 0 Å². The third-order valence-electron chi connectivity index (χ3n) is 2.97. The lowest BCUT2D eigenvalue weighted by Gasteiger charge is -2.16. The molecule has 0 aliphatic rings. The van der Waals surface area contributed by atoms with Gasteiger partial charge in [0.15, 0.2) is 0 Å². The number of non-ortho nitro benzene ring substituents is 1. The predicted octanol–water partition coefficient (Wildman–Crippen LogP) is 3.74. The maximum absolute atomic E-state index is 11.0. The summed E-state index contributed by atoms with van der Waals surface area (Å²) in [6.07, 6.45) is 1.89. The van der Waals surface area contributed by atoms with Crippen LogP contribution in [0.5, 0.6) is 0 Å². The van der Waals surface area contributed by atoms with Gasteiger partial charge in [0.05, 0.1) is 15.9 Å². The van der Waals surface area contributed by atoms with Crippen LogP contribution in [0.25, 0.3) is 0 Å². The molecule has 0 bridgehead atoms. The summed E-state index contributed by atoms with van der Waals surface area (Å²) in [5.41, 5.74) is -0.232. The average molecular weight is 281 g/mol.